The van der Waals surface area contributed by atoms with Crippen LogP contribution in [-0.2, 0) is 14.3 Å². The second-order valence-electron chi connectivity index (χ2n) is 14.9. The number of carbonyl (C=O) groups excluding carboxylic acids is 3. The van der Waals surface area contributed by atoms with E-state index in [1.807, 2.05) is 47.0 Å². The van der Waals surface area contributed by atoms with Crippen molar-refractivity contribution in [2.75, 3.05) is 20.2 Å². The highest BCUT2D eigenvalue weighted by Gasteiger charge is 2.38. The topological polar surface area (TPSA) is 154 Å². The Morgan fingerprint density at radius 3 is 2.44 bits per heavy atom. The first-order valence-electron chi connectivity index (χ1n) is 17.7. The third kappa shape index (κ3) is 7.24. The molecule has 1 aromatic carbocycles. The van der Waals surface area contributed by atoms with Crippen molar-refractivity contribution >= 4 is 50.0 Å². The lowest BCUT2D eigenvalue weighted by molar-refractivity contribution is -0.125. The number of alkyl carbamates (subject to hydrolysis) is 1. The highest BCUT2D eigenvalue weighted by molar-refractivity contribution is 7.27. The van der Waals surface area contributed by atoms with Gasteiger partial charge in [0.15, 0.2) is 5.78 Å². The number of Topliss-reactive ketones (excluding diaryl/α,β-unsaturated/α-hetero) is 1. The van der Waals surface area contributed by atoms with Crippen LogP contribution in [0.25, 0.3) is 43.0 Å². The number of nitrogens with zero attached hydrogens (tertiary/aromatic N) is 3. The number of ketones is 1. The van der Waals surface area contributed by atoms with Gasteiger partial charge in [-0.05, 0) is 51.5 Å². The number of carbonyl (C=O) groups is 3. The number of nitrogens with one attached hydrogen (secondary N) is 4. The fourth-order valence-corrected chi connectivity index (χ4v) is 9.53. The van der Waals surface area contributed by atoms with Gasteiger partial charge >= 0.3 is 12.2 Å². The van der Waals surface area contributed by atoms with Gasteiger partial charge in [0.2, 0.25) is 0 Å². The molecule has 52 heavy (non-hydrogen) atoms. The maximum atomic E-state index is 13.3. The second kappa shape index (κ2) is 14.5. The van der Waals surface area contributed by atoms with Crippen molar-refractivity contribution in [1.82, 2.24) is 35.5 Å². The highest BCUT2D eigenvalue weighted by Crippen LogP contribution is 2.44. The van der Waals surface area contributed by atoms with Crippen LogP contribution in [0.4, 0.5) is 9.59 Å². The molecule has 0 radical (unpaired) electrons. The summed E-state index contributed by atoms with van der Waals surface area (Å²) in [5.74, 6) is 1.29. The monoisotopic (exact) mass is 743 g/mol. The van der Waals surface area contributed by atoms with E-state index in [0.29, 0.717) is 19.5 Å². The second-order valence-corrected chi connectivity index (χ2v) is 16.6. The van der Waals surface area contributed by atoms with Crippen LogP contribution in [0, 0.1) is 11.8 Å². The van der Waals surface area contributed by atoms with E-state index in [2.05, 4.69) is 55.6 Å². The molecule has 7 rings (SSSR count). The van der Waals surface area contributed by atoms with Crippen LogP contribution < -0.4 is 10.6 Å². The van der Waals surface area contributed by atoms with Crippen LogP contribution in [0.1, 0.15) is 77.6 Å². The molecule has 2 aliphatic rings. The van der Waals surface area contributed by atoms with Crippen molar-refractivity contribution in [2.45, 2.75) is 77.6 Å². The Labute approximate surface area is 310 Å². The van der Waals surface area contributed by atoms with Gasteiger partial charge in [-0.3, -0.25) is 9.69 Å². The van der Waals surface area contributed by atoms with Gasteiger partial charge in [-0.15, -0.1) is 22.7 Å². The van der Waals surface area contributed by atoms with Crippen LogP contribution in [-0.4, -0.2) is 74.6 Å². The molecule has 274 valence electrons. The molecule has 0 spiro atoms. The van der Waals surface area contributed by atoms with Crippen molar-refractivity contribution in [2.24, 2.45) is 11.8 Å². The average Bonchev–Trinajstić information content (AvgIpc) is 3.95. The number of benzene rings is 1. The van der Waals surface area contributed by atoms with Crippen molar-refractivity contribution in [3.8, 4) is 33.6 Å². The first-order valence-corrected chi connectivity index (χ1v) is 19.5. The minimum Gasteiger partial charge on any atom is -0.453 e. The number of rotatable bonds is 9. The maximum absolute atomic E-state index is 13.3. The number of hydrogen-bond acceptors (Lipinski definition) is 10. The van der Waals surface area contributed by atoms with Gasteiger partial charge in [-0.2, -0.15) is 0 Å². The zero-order valence-electron chi connectivity index (χ0n) is 30.2. The molecular formula is C38H45N7O5S2. The molecule has 12 nitrogen and oxygen atoms in total. The Hall–Kier alpha value is -4.53. The standard InChI is InChI=1S/C38H45N7O5S2/c1-20(2)30(44-36(47)49-6)31(46)23-14-26(39-15-23)34-40-16-27(42-34)22-11-9-21(10-12-22)24-18-51-33-25(19-52-32(24)33)28-17-41-35(43-28)29-8-7-13-45(29)37(48)50-38(3,4)5/h9-12,16-20,23,26,29-30,39H,7-8,13-15H2,1-6H3,(H,40,42)(H,41,43)(H,44,47)/t23?,26-,29-,30-/m0/s1. The van der Waals surface area contributed by atoms with Crippen LogP contribution in [0.2, 0.25) is 0 Å². The Kier molecular flexibility index (Phi) is 9.98. The summed E-state index contributed by atoms with van der Waals surface area (Å²) in [6, 6.07) is 7.62. The highest BCUT2D eigenvalue weighted by atomic mass is 32.1. The minimum absolute atomic E-state index is 0.00295. The lowest BCUT2D eigenvalue weighted by atomic mass is 9.89. The zero-order valence-corrected chi connectivity index (χ0v) is 31.9. The summed E-state index contributed by atoms with van der Waals surface area (Å²) in [5.41, 5.74) is 5.65. The van der Waals surface area contributed by atoms with Gasteiger partial charge in [0.25, 0.3) is 0 Å². The van der Waals surface area contributed by atoms with E-state index in [0.717, 1.165) is 52.6 Å². The summed E-state index contributed by atoms with van der Waals surface area (Å²) >= 11 is 3.44. The van der Waals surface area contributed by atoms with E-state index in [1.165, 1.54) is 22.1 Å². The predicted octanol–water partition coefficient (Wildman–Crippen LogP) is 8.08. The first-order chi connectivity index (χ1) is 24.9. The van der Waals surface area contributed by atoms with Crippen LogP contribution in [0.3, 0.4) is 0 Å². The average molecular weight is 744 g/mol. The van der Waals surface area contributed by atoms with Crippen molar-refractivity contribution in [3.63, 3.8) is 0 Å². The number of thiophene rings is 2. The summed E-state index contributed by atoms with van der Waals surface area (Å²) in [6.07, 6.45) is 5.23. The van der Waals surface area contributed by atoms with Crippen molar-refractivity contribution in [3.05, 3.63) is 59.1 Å². The molecule has 14 heteroatoms. The number of aromatic nitrogens is 4. The normalized spacial score (nSPS) is 19.8. The van der Waals surface area contributed by atoms with Crippen LogP contribution in [0.15, 0.2) is 47.4 Å². The van der Waals surface area contributed by atoms with Crippen molar-refractivity contribution < 1.29 is 23.9 Å². The SMILES string of the molecule is COC(=O)N[C@H](C(=O)C1CN[C@H](c2nc(-c3ccc(-c4csc5c(-c6cnc([C@@H]7CCCN7C(=O)OC(C)(C)C)[nH]6)csc45)cc3)c[nH]2)C1)C(C)C. The van der Waals surface area contributed by atoms with Crippen LogP contribution in [0.5, 0.6) is 0 Å². The molecule has 4 aromatic heterocycles. The Morgan fingerprint density at radius 2 is 1.73 bits per heavy atom. The lowest BCUT2D eigenvalue weighted by Crippen LogP contribution is -2.47. The van der Waals surface area contributed by atoms with Crippen molar-refractivity contribution in [1.29, 1.82) is 0 Å². The third-order valence-corrected chi connectivity index (χ3v) is 11.9. The molecule has 5 aromatic rings. The largest absolute Gasteiger partial charge is 0.453 e. The number of amides is 2. The number of likely N-dealkylation sites (tertiary alicyclic amines) is 1. The molecule has 2 aliphatic heterocycles. The fraction of sp³-hybridized carbons (Fsp3) is 0.447. The Morgan fingerprint density at radius 1 is 1.02 bits per heavy atom. The molecular weight excluding hydrogens is 699 g/mol. The molecule has 1 unspecified atom stereocenters. The van der Waals surface area contributed by atoms with E-state index in [9.17, 15) is 14.4 Å². The molecule has 4 N–H and O–H groups in total. The molecule has 0 aliphatic carbocycles. The zero-order chi connectivity index (χ0) is 36.7. The number of fused-ring (bicyclic) bond motifs is 1. The maximum Gasteiger partial charge on any atom is 0.410 e. The van der Waals surface area contributed by atoms with Crippen LogP contribution >= 0.6 is 22.7 Å². The molecule has 2 saturated heterocycles. The molecule has 2 amide bonds. The number of methoxy groups -OCH3 is 1. The minimum atomic E-state index is -0.604. The molecule has 0 saturated carbocycles. The van der Waals surface area contributed by atoms with E-state index in [4.69, 9.17) is 19.4 Å². The van der Waals surface area contributed by atoms with Gasteiger partial charge in [-0.25, -0.2) is 19.6 Å². The first kappa shape index (κ1) is 35.9. The quantitative estimate of drug-likeness (QED) is 0.118. The van der Waals surface area contributed by atoms with Gasteiger partial charge < -0.3 is 30.1 Å². The van der Waals surface area contributed by atoms with Gasteiger partial charge in [0.1, 0.15) is 17.2 Å². The number of ether oxygens (including phenoxy) is 2. The summed E-state index contributed by atoms with van der Waals surface area (Å²) in [7, 11) is 1.30. The lowest BCUT2D eigenvalue weighted by Gasteiger charge is -2.27. The fourth-order valence-electron chi connectivity index (χ4n) is 7.09. The van der Waals surface area contributed by atoms with Gasteiger partial charge in [0.05, 0.1) is 52.2 Å². The number of imidazole rings is 2. The van der Waals surface area contributed by atoms with E-state index < -0.39 is 17.7 Å². The molecule has 0 bridgehead atoms. The summed E-state index contributed by atoms with van der Waals surface area (Å²) in [5, 5.41) is 10.5. The summed E-state index contributed by atoms with van der Waals surface area (Å²) in [6.45, 7) is 10.7. The smallest absolute Gasteiger partial charge is 0.410 e. The van der Waals surface area contributed by atoms with E-state index in [-0.39, 0.29) is 35.8 Å². The predicted molar refractivity (Wildman–Crippen MR) is 203 cm³/mol. The number of aromatic amines is 2. The Balaban J connectivity index is 1.02. The van der Waals surface area contributed by atoms with Gasteiger partial charge in [-0.1, -0.05) is 38.1 Å². The van der Waals surface area contributed by atoms with Gasteiger partial charge in [0, 0.05) is 52.7 Å². The number of H-pyrrole nitrogens is 2. The van der Waals surface area contributed by atoms with E-state index in [1.54, 1.807) is 27.6 Å². The van der Waals surface area contributed by atoms with E-state index >= 15 is 0 Å². The Bertz CT molecular complexity index is 2070. The summed E-state index contributed by atoms with van der Waals surface area (Å²) < 4.78 is 12.8. The number of hydrogen-bond donors (Lipinski definition) is 4. The molecule has 2 fully saturated rings. The third-order valence-electron chi connectivity index (χ3n) is 9.75. The summed E-state index contributed by atoms with van der Waals surface area (Å²) in [4.78, 5) is 56.2. The molecule has 4 atom stereocenters. The molecule has 6 heterocycles.